The molecule has 0 saturated carbocycles. The van der Waals surface area contributed by atoms with Crippen molar-refractivity contribution in [3.63, 3.8) is 0 Å². The molecule has 0 aliphatic heterocycles. The molecule has 12 heavy (non-hydrogen) atoms. The van der Waals surface area contributed by atoms with Crippen LogP contribution in [0.5, 0.6) is 0 Å². The summed E-state index contributed by atoms with van der Waals surface area (Å²) in [6, 6.07) is 5.47. The second-order valence-corrected chi connectivity index (χ2v) is 3.27. The van der Waals surface area contributed by atoms with Gasteiger partial charge in [-0.3, -0.25) is 4.79 Å². The molecule has 1 aromatic heterocycles. The molecule has 1 aromatic rings. The Hall–Kier alpha value is -1.11. The van der Waals surface area contributed by atoms with E-state index in [1.54, 1.807) is 6.07 Å². The first-order chi connectivity index (χ1) is 5.74. The third kappa shape index (κ3) is 2.19. The molecule has 1 rings (SSSR count). The first-order valence-corrected chi connectivity index (χ1v) is 4.35. The lowest BCUT2D eigenvalue weighted by molar-refractivity contribution is -0.107. The van der Waals surface area contributed by atoms with Crippen LogP contribution < -0.4 is 0 Å². The second-order valence-electron chi connectivity index (χ2n) is 1.95. The van der Waals surface area contributed by atoms with E-state index in [4.69, 9.17) is 16.9 Å². The average Bonchev–Trinajstić information content (AvgIpc) is 2.51. The molecule has 0 aromatic carbocycles. The Morgan fingerprint density at radius 2 is 2.50 bits per heavy atom. The molecule has 0 N–H and O–H groups in total. The molecule has 4 heteroatoms. The zero-order valence-corrected chi connectivity index (χ0v) is 7.52. The van der Waals surface area contributed by atoms with Crippen LogP contribution in [0.3, 0.4) is 0 Å². The van der Waals surface area contributed by atoms with Gasteiger partial charge in [0.15, 0.2) is 0 Å². The van der Waals surface area contributed by atoms with Crippen molar-refractivity contribution in [2.75, 3.05) is 0 Å². The van der Waals surface area contributed by atoms with Crippen molar-refractivity contribution in [2.24, 2.45) is 0 Å². The first kappa shape index (κ1) is 8.98. The normalized spacial score (nSPS) is 10.8. The van der Waals surface area contributed by atoms with E-state index in [9.17, 15) is 4.79 Å². The van der Waals surface area contributed by atoms with Gasteiger partial charge in [-0.05, 0) is 23.0 Å². The van der Waals surface area contributed by atoms with Gasteiger partial charge in [-0.15, -0.1) is 11.3 Å². The number of hydrogen-bond donors (Lipinski definition) is 0. The largest absolute Gasteiger partial charge is 0.276 e. The molecule has 0 unspecified atom stereocenters. The highest BCUT2D eigenvalue weighted by molar-refractivity contribution is 7.11. The van der Waals surface area contributed by atoms with E-state index in [1.165, 1.54) is 11.3 Å². The first-order valence-electron chi connectivity index (χ1n) is 3.09. The van der Waals surface area contributed by atoms with Crippen molar-refractivity contribution in [1.82, 2.24) is 0 Å². The third-order valence-corrected chi connectivity index (χ3v) is 2.18. The van der Waals surface area contributed by atoms with Crippen molar-refractivity contribution in [2.45, 2.75) is 0 Å². The monoisotopic (exact) mass is 197 g/mol. The number of halogens is 1. The van der Waals surface area contributed by atoms with Crippen molar-refractivity contribution in [1.29, 1.82) is 5.26 Å². The van der Waals surface area contributed by atoms with Crippen LogP contribution in [0.4, 0.5) is 0 Å². The van der Waals surface area contributed by atoms with Crippen LogP contribution in [0.15, 0.2) is 23.6 Å². The van der Waals surface area contributed by atoms with Gasteiger partial charge in [0.2, 0.25) is 5.24 Å². The van der Waals surface area contributed by atoms with Gasteiger partial charge in [-0.1, -0.05) is 6.07 Å². The molecule has 0 fully saturated rings. The molecule has 2 nitrogen and oxygen atoms in total. The smallest absolute Gasteiger partial charge is 0.246 e. The Labute approximate surface area is 78.7 Å². The number of hydrogen-bond acceptors (Lipinski definition) is 3. The van der Waals surface area contributed by atoms with Crippen molar-refractivity contribution < 1.29 is 4.79 Å². The van der Waals surface area contributed by atoms with Gasteiger partial charge < -0.3 is 0 Å². The summed E-state index contributed by atoms with van der Waals surface area (Å²) in [5, 5.41) is 9.83. The molecule has 0 aliphatic rings. The molecule has 0 atom stereocenters. The Bertz CT molecular complexity index is 348. The Morgan fingerprint density at radius 3 is 2.92 bits per heavy atom. The minimum atomic E-state index is -0.625. The maximum absolute atomic E-state index is 10.5. The molecular weight excluding hydrogens is 194 g/mol. The number of carbonyl (C=O) groups excluding carboxylic acids is 1. The highest BCUT2D eigenvalue weighted by Crippen LogP contribution is 2.19. The fourth-order valence-electron chi connectivity index (χ4n) is 0.704. The minimum absolute atomic E-state index is 0.310. The van der Waals surface area contributed by atoms with E-state index in [-0.39, 0.29) is 0 Å². The summed E-state index contributed by atoms with van der Waals surface area (Å²) in [6.45, 7) is 0. The standard InChI is InChI=1S/C8H4ClNOS/c9-8(11)4-6(5-10)7-2-1-3-12-7/h1-4H/b6-4-. The Morgan fingerprint density at radius 1 is 1.75 bits per heavy atom. The molecule has 1 heterocycles. The van der Waals surface area contributed by atoms with E-state index < -0.39 is 5.24 Å². The Kier molecular flexibility index (Phi) is 3.03. The molecule has 0 amide bonds. The lowest BCUT2D eigenvalue weighted by Gasteiger charge is -1.88. The van der Waals surface area contributed by atoms with Crippen LogP contribution >= 0.6 is 22.9 Å². The van der Waals surface area contributed by atoms with Gasteiger partial charge in [0.1, 0.15) is 6.07 Å². The lowest BCUT2D eigenvalue weighted by atomic mass is 10.2. The van der Waals surface area contributed by atoms with Crippen molar-refractivity contribution in [3.8, 4) is 6.07 Å². The summed E-state index contributed by atoms with van der Waals surface area (Å²) < 4.78 is 0. The third-order valence-electron chi connectivity index (χ3n) is 1.16. The average molecular weight is 198 g/mol. The SMILES string of the molecule is N#C/C(=C/C(=O)Cl)c1cccs1. The molecular formula is C8H4ClNOS. The van der Waals surface area contributed by atoms with Crippen molar-refractivity contribution >= 4 is 33.8 Å². The van der Waals surface area contributed by atoms with Gasteiger partial charge in [-0.25, -0.2) is 0 Å². The van der Waals surface area contributed by atoms with Crippen LogP contribution in [-0.4, -0.2) is 5.24 Å². The molecule has 0 radical (unpaired) electrons. The highest BCUT2D eigenvalue weighted by Gasteiger charge is 2.02. The quantitative estimate of drug-likeness (QED) is 0.415. The van der Waals surface area contributed by atoms with Crippen LogP contribution in [0.25, 0.3) is 5.57 Å². The lowest BCUT2D eigenvalue weighted by Crippen LogP contribution is -1.81. The van der Waals surface area contributed by atoms with Crippen LogP contribution in [-0.2, 0) is 4.79 Å². The fourth-order valence-corrected chi connectivity index (χ4v) is 1.51. The van der Waals surface area contributed by atoms with E-state index in [0.29, 0.717) is 5.57 Å². The minimum Gasteiger partial charge on any atom is -0.276 e. The van der Waals surface area contributed by atoms with Gasteiger partial charge in [0.05, 0.1) is 5.57 Å². The van der Waals surface area contributed by atoms with Gasteiger partial charge in [0.25, 0.3) is 0 Å². The summed E-state index contributed by atoms with van der Waals surface area (Å²) in [7, 11) is 0. The number of nitrogens with zero attached hydrogens (tertiary/aromatic N) is 1. The van der Waals surface area contributed by atoms with E-state index >= 15 is 0 Å². The van der Waals surface area contributed by atoms with Gasteiger partial charge in [0, 0.05) is 11.0 Å². The predicted octanol–water partition coefficient (Wildman–Crippen LogP) is 2.42. The maximum atomic E-state index is 10.5. The number of thiophene rings is 1. The number of nitriles is 1. The Balaban J connectivity index is 3.01. The van der Waals surface area contributed by atoms with E-state index in [0.717, 1.165) is 11.0 Å². The zero-order chi connectivity index (χ0) is 8.97. The molecule has 0 bridgehead atoms. The second kappa shape index (κ2) is 4.05. The summed E-state index contributed by atoms with van der Waals surface area (Å²) >= 11 is 6.50. The molecule has 0 saturated heterocycles. The van der Waals surface area contributed by atoms with Crippen LogP contribution in [0.1, 0.15) is 4.88 Å². The predicted molar refractivity (Wildman–Crippen MR) is 48.8 cm³/mol. The van der Waals surface area contributed by atoms with Crippen LogP contribution in [0, 0.1) is 11.3 Å². The summed E-state index contributed by atoms with van der Waals surface area (Å²) in [4.78, 5) is 11.2. The van der Waals surface area contributed by atoms with Crippen LogP contribution in [0.2, 0.25) is 0 Å². The van der Waals surface area contributed by atoms with Crippen molar-refractivity contribution in [3.05, 3.63) is 28.5 Å². The van der Waals surface area contributed by atoms with Gasteiger partial charge >= 0.3 is 0 Å². The zero-order valence-electron chi connectivity index (χ0n) is 5.95. The summed E-state index contributed by atoms with van der Waals surface area (Å²) in [6.07, 6.45) is 1.12. The topological polar surface area (TPSA) is 40.9 Å². The van der Waals surface area contributed by atoms with Gasteiger partial charge in [-0.2, -0.15) is 5.26 Å². The number of rotatable bonds is 2. The number of allylic oxidation sites excluding steroid dienone is 2. The fraction of sp³-hybridized carbons (Fsp3) is 0. The summed E-state index contributed by atoms with van der Waals surface area (Å²) in [5.41, 5.74) is 0.310. The van der Waals surface area contributed by atoms with E-state index in [1.807, 2.05) is 17.5 Å². The maximum Gasteiger partial charge on any atom is 0.246 e. The number of carbonyl (C=O) groups is 1. The molecule has 60 valence electrons. The summed E-state index contributed by atoms with van der Waals surface area (Å²) in [5.74, 6) is 0. The highest BCUT2D eigenvalue weighted by atomic mass is 35.5. The van der Waals surface area contributed by atoms with E-state index in [2.05, 4.69) is 0 Å². The molecule has 0 aliphatic carbocycles. The molecule has 0 spiro atoms.